The zero-order chi connectivity index (χ0) is 34.7. The molecule has 3 aromatic carbocycles. The number of pyridine rings is 1. The van der Waals surface area contributed by atoms with Crippen molar-refractivity contribution in [1.82, 2.24) is 10.4 Å². The number of methoxy groups -OCH3 is 1. The van der Waals surface area contributed by atoms with Crippen LogP contribution in [-0.4, -0.2) is 44.0 Å². The van der Waals surface area contributed by atoms with Gasteiger partial charge >= 0.3 is 6.18 Å². The minimum absolute atomic E-state index is 0.0351. The third-order valence-corrected chi connectivity index (χ3v) is 7.72. The van der Waals surface area contributed by atoms with Crippen molar-refractivity contribution in [1.29, 1.82) is 5.26 Å². The van der Waals surface area contributed by atoms with Crippen LogP contribution >= 0.6 is 11.8 Å². The van der Waals surface area contributed by atoms with Gasteiger partial charge in [0.05, 0.1) is 38.7 Å². The Balaban J connectivity index is 1.58. The second kappa shape index (κ2) is 16.6. The SMILES string of the molecule is CCOc1cc(C(=O)N/N=C\c2ccc(OC)c(CSc3nc(C(F)(F)F)cc(-c4ccccc4)c3C#N)c2)cc(OCC)c1OCC. The number of nitrogens with zero attached hydrogens (tertiary/aromatic N) is 3. The first-order valence-electron chi connectivity index (χ1n) is 14.9. The Labute approximate surface area is 280 Å². The van der Waals surface area contributed by atoms with Crippen LogP contribution < -0.4 is 24.4 Å². The molecule has 1 aromatic heterocycles. The summed E-state index contributed by atoms with van der Waals surface area (Å²) < 4.78 is 64.0. The van der Waals surface area contributed by atoms with Gasteiger partial charge in [0.2, 0.25) is 5.75 Å². The molecular formula is C35H33F3N4O5S. The number of rotatable bonds is 14. The number of nitrogens with one attached hydrogen (secondary N) is 1. The number of carbonyl (C=O) groups excluding carboxylic acids is 1. The minimum Gasteiger partial charge on any atom is -0.496 e. The molecule has 0 spiro atoms. The predicted octanol–water partition coefficient (Wildman–Crippen LogP) is 7.90. The number of nitriles is 1. The molecule has 0 radical (unpaired) electrons. The molecule has 0 atom stereocenters. The molecule has 1 N–H and O–H groups in total. The first-order chi connectivity index (χ1) is 23.1. The van der Waals surface area contributed by atoms with Crippen LogP contribution in [0.1, 0.15) is 53.5 Å². The average Bonchev–Trinajstić information content (AvgIpc) is 3.08. The van der Waals surface area contributed by atoms with Crippen molar-refractivity contribution in [2.45, 2.75) is 37.7 Å². The van der Waals surface area contributed by atoms with Gasteiger partial charge in [-0.25, -0.2) is 10.4 Å². The van der Waals surface area contributed by atoms with E-state index < -0.39 is 17.8 Å². The van der Waals surface area contributed by atoms with Crippen LogP contribution in [0.3, 0.4) is 0 Å². The van der Waals surface area contributed by atoms with E-state index in [0.717, 1.165) is 17.8 Å². The highest BCUT2D eigenvalue weighted by molar-refractivity contribution is 7.98. The van der Waals surface area contributed by atoms with Gasteiger partial charge < -0.3 is 18.9 Å². The van der Waals surface area contributed by atoms with Gasteiger partial charge in [-0.15, -0.1) is 11.8 Å². The van der Waals surface area contributed by atoms with Crippen molar-refractivity contribution >= 4 is 23.9 Å². The zero-order valence-electron chi connectivity index (χ0n) is 26.7. The molecule has 4 aromatic rings. The number of alkyl halides is 3. The number of ether oxygens (including phenoxy) is 4. The fraction of sp³-hybridized carbons (Fsp3) is 0.257. The lowest BCUT2D eigenvalue weighted by Crippen LogP contribution is -2.18. The zero-order valence-corrected chi connectivity index (χ0v) is 27.5. The maximum Gasteiger partial charge on any atom is 0.433 e. The third-order valence-electron chi connectivity index (χ3n) is 6.69. The second-order valence-electron chi connectivity index (χ2n) is 9.87. The van der Waals surface area contributed by atoms with E-state index in [0.29, 0.717) is 59.5 Å². The maximum atomic E-state index is 13.8. The summed E-state index contributed by atoms with van der Waals surface area (Å²) >= 11 is 0.981. The lowest BCUT2D eigenvalue weighted by Gasteiger charge is -2.16. The molecule has 0 aliphatic rings. The smallest absolute Gasteiger partial charge is 0.433 e. The molecule has 1 amide bonds. The molecule has 13 heteroatoms. The Kier molecular flexibility index (Phi) is 12.3. The van der Waals surface area contributed by atoms with Crippen molar-refractivity contribution < 1.29 is 36.9 Å². The summed E-state index contributed by atoms with van der Waals surface area (Å²) in [6, 6.07) is 19.5. The van der Waals surface area contributed by atoms with Gasteiger partial charge in [-0.3, -0.25) is 4.79 Å². The molecule has 4 rings (SSSR count). The second-order valence-corrected chi connectivity index (χ2v) is 10.8. The average molecular weight is 679 g/mol. The summed E-state index contributed by atoms with van der Waals surface area (Å²) in [4.78, 5) is 16.8. The lowest BCUT2D eigenvalue weighted by molar-refractivity contribution is -0.141. The van der Waals surface area contributed by atoms with Gasteiger partial charge in [-0.1, -0.05) is 30.3 Å². The third kappa shape index (κ3) is 8.77. The highest BCUT2D eigenvalue weighted by Crippen LogP contribution is 2.40. The molecule has 0 saturated heterocycles. The summed E-state index contributed by atoms with van der Waals surface area (Å²) in [6.07, 6.45) is -3.30. The van der Waals surface area contributed by atoms with Gasteiger partial charge in [-0.05, 0) is 68.3 Å². The van der Waals surface area contributed by atoms with E-state index in [4.69, 9.17) is 18.9 Å². The van der Waals surface area contributed by atoms with E-state index >= 15 is 0 Å². The molecule has 1 heterocycles. The summed E-state index contributed by atoms with van der Waals surface area (Å²) in [5.41, 5.74) is 3.46. The predicted molar refractivity (Wildman–Crippen MR) is 177 cm³/mol. The Morgan fingerprint density at radius 3 is 2.21 bits per heavy atom. The first-order valence-corrected chi connectivity index (χ1v) is 15.9. The number of hydrazone groups is 1. The van der Waals surface area contributed by atoms with Crippen molar-refractivity contribution in [3.63, 3.8) is 0 Å². The van der Waals surface area contributed by atoms with Crippen LogP contribution in [0, 0.1) is 11.3 Å². The van der Waals surface area contributed by atoms with Crippen LogP contribution in [0.15, 0.2) is 76.9 Å². The van der Waals surface area contributed by atoms with E-state index in [2.05, 4.69) is 15.5 Å². The van der Waals surface area contributed by atoms with Crippen molar-refractivity contribution in [3.8, 4) is 40.2 Å². The van der Waals surface area contributed by atoms with Crippen molar-refractivity contribution in [2.75, 3.05) is 26.9 Å². The highest BCUT2D eigenvalue weighted by Gasteiger charge is 2.34. The van der Waals surface area contributed by atoms with Crippen molar-refractivity contribution in [2.24, 2.45) is 5.10 Å². The van der Waals surface area contributed by atoms with Crippen LogP contribution in [0.5, 0.6) is 23.0 Å². The van der Waals surface area contributed by atoms with Crippen LogP contribution in [0.2, 0.25) is 0 Å². The Morgan fingerprint density at radius 2 is 1.62 bits per heavy atom. The van der Waals surface area contributed by atoms with E-state index in [9.17, 15) is 23.2 Å². The topological polar surface area (TPSA) is 115 Å². The number of carbonyl (C=O) groups is 1. The Hall–Kier alpha value is -5.22. The van der Waals surface area contributed by atoms with E-state index in [1.165, 1.54) is 13.3 Å². The molecule has 0 saturated carbocycles. The molecule has 0 fully saturated rings. The lowest BCUT2D eigenvalue weighted by atomic mass is 10.0. The normalized spacial score (nSPS) is 11.2. The molecule has 0 aliphatic heterocycles. The number of hydrogen-bond donors (Lipinski definition) is 1. The van der Waals surface area contributed by atoms with Crippen molar-refractivity contribution in [3.05, 3.63) is 94.7 Å². The number of halogens is 3. The number of aromatic nitrogens is 1. The van der Waals surface area contributed by atoms with Gasteiger partial charge in [0, 0.05) is 22.4 Å². The first kappa shape index (κ1) is 35.6. The van der Waals surface area contributed by atoms with Gasteiger partial charge in [0.1, 0.15) is 22.5 Å². The number of amides is 1. The number of hydrogen-bond acceptors (Lipinski definition) is 9. The summed E-state index contributed by atoms with van der Waals surface area (Å²) in [7, 11) is 1.47. The summed E-state index contributed by atoms with van der Waals surface area (Å²) in [5, 5.41) is 14.0. The maximum absolute atomic E-state index is 13.8. The number of thioether (sulfide) groups is 1. The van der Waals surface area contributed by atoms with Gasteiger partial charge in [0.25, 0.3) is 5.91 Å². The molecule has 48 heavy (non-hydrogen) atoms. The van der Waals surface area contributed by atoms with Crippen LogP contribution in [0.4, 0.5) is 13.2 Å². The Bertz CT molecular complexity index is 1780. The molecule has 0 bridgehead atoms. The fourth-order valence-corrected chi connectivity index (χ4v) is 5.59. The molecule has 0 aliphatic carbocycles. The molecule has 9 nitrogen and oxygen atoms in total. The molecule has 250 valence electrons. The summed E-state index contributed by atoms with van der Waals surface area (Å²) in [5.74, 6) is 1.21. The van der Waals surface area contributed by atoms with E-state index in [1.54, 1.807) is 60.7 Å². The molecule has 0 unspecified atom stereocenters. The monoisotopic (exact) mass is 678 g/mol. The van der Waals surface area contributed by atoms with Crippen LogP contribution in [0.25, 0.3) is 11.1 Å². The quantitative estimate of drug-likeness (QED) is 0.0814. The Morgan fingerprint density at radius 1 is 0.958 bits per heavy atom. The standard InChI is InChI=1S/C35H33F3N4O5S/c1-5-45-29-16-24(17-30(46-6-2)32(29)47-7-3)33(43)42-40-20-22-13-14-28(44-4)25(15-22)21-48-34-27(19-39)26(23-11-9-8-10-12-23)18-31(41-34)35(36,37)38/h8-18,20H,5-7,21H2,1-4H3,(H,42,43)/b40-20-. The van der Waals surface area contributed by atoms with E-state index in [1.807, 2.05) is 26.8 Å². The van der Waals surface area contributed by atoms with Gasteiger partial charge in [0.15, 0.2) is 11.5 Å². The number of benzene rings is 3. The van der Waals surface area contributed by atoms with Gasteiger partial charge in [-0.2, -0.15) is 23.5 Å². The highest BCUT2D eigenvalue weighted by atomic mass is 32.2. The minimum atomic E-state index is -4.72. The molecular weight excluding hydrogens is 645 g/mol. The fourth-order valence-electron chi connectivity index (χ4n) is 4.61. The van der Waals surface area contributed by atoms with Crippen LogP contribution in [-0.2, 0) is 11.9 Å². The van der Waals surface area contributed by atoms with E-state index in [-0.39, 0.29) is 27.5 Å². The largest absolute Gasteiger partial charge is 0.496 e. The summed E-state index contributed by atoms with van der Waals surface area (Å²) in [6.45, 7) is 6.54.